The zero-order valence-corrected chi connectivity index (χ0v) is 10.6. The standard InChI is InChI=1S/C14H21NO/c1-10-5-7-11(8-6-10)9-12(15)13(16)14(2,3)4/h5-8,12H,9,15H2,1-4H3/t12-/m1/s1. The Morgan fingerprint density at radius 2 is 1.75 bits per heavy atom. The Bertz CT molecular complexity index is 359. The van der Waals surface area contributed by atoms with E-state index in [0.29, 0.717) is 6.42 Å². The van der Waals surface area contributed by atoms with Crippen molar-refractivity contribution in [3.05, 3.63) is 35.4 Å². The first-order chi connectivity index (χ1) is 7.30. The van der Waals surface area contributed by atoms with Gasteiger partial charge in [0, 0.05) is 5.41 Å². The van der Waals surface area contributed by atoms with Gasteiger partial charge in [-0.25, -0.2) is 0 Å². The van der Waals surface area contributed by atoms with E-state index >= 15 is 0 Å². The minimum atomic E-state index is -0.400. The number of nitrogens with two attached hydrogens (primary N) is 1. The lowest BCUT2D eigenvalue weighted by molar-refractivity contribution is -0.127. The van der Waals surface area contributed by atoms with Crippen LogP contribution in [0.4, 0.5) is 0 Å². The molecule has 1 aromatic carbocycles. The van der Waals surface area contributed by atoms with Crippen LogP contribution >= 0.6 is 0 Å². The van der Waals surface area contributed by atoms with E-state index in [4.69, 9.17) is 5.73 Å². The second-order valence-corrected chi connectivity index (χ2v) is 5.41. The summed E-state index contributed by atoms with van der Waals surface area (Å²) in [5.74, 6) is 0.119. The molecule has 0 aliphatic rings. The summed E-state index contributed by atoms with van der Waals surface area (Å²) in [6.45, 7) is 7.77. The molecule has 1 aromatic rings. The highest BCUT2D eigenvalue weighted by Gasteiger charge is 2.26. The van der Waals surface area contributed by atoms with Crippen molar-refractivity contribution in [2.24, 2.45) is 11.1 Å². The molecule has 0 aromatic heterocycles. The molecular weight excluding hydrogens is 198 g/mol. The molecule has 0 bridgehead atoms. The quantitative estimate of drug-likeness (QED) is 0.848. The van der Waals surface area contributed by atoms with E-state index in [1.165, 1.54) is 5.56 Å². The molecule has 0 unspecified atom stereocenters. The van der Waals surface area contributed by atoms with Crippen LogP contribution in [-0.4, -0.2) is 11.8 Å². The fourth-order valence-electron chi connectivity index (χ4n) is 1.63. The third-order valence-electron chi connectivity index (χ3n) is 2.65. The molecule has 0 aliphatic heterocycles. The van der Waals surface area contributed by atoms with Crippen LogP contribution in [-0.2, 0) is 11.2 Å². The maximum Gasteiger partial charge on any atom is 0.155 e. The largest absolute Gasteiger partial charge is 0.321 e. The highest BCUT2D eigenvalue weighted by Crippen LogP contribution is 2.18. The fourth-order valence-corrected chi connectivity index (χ4v) is 1.63. The normalized spacial score (nSPS) is 13.6. The van der Waals surface area contributed by atoms with E-state index in [1.807, 2.05) is 52.0 Å². The van der Waals surface area contributed by atoms with Crippen molar-refractivity contribution in [2.45, 2.75) is 40.2 Å². The Morgan fingerprint density at radius 3 is 2.19 bits per heavy atom. The van der Waals surface area contributed by atoms with Gasteiger partial charge < -0.3 is 5.73 Å². The molecule has 1 rings (SSSR count). The first-order valence-corrected chi connectivity index (χ1v) is 5.66. The molecule has 88 valence electrons. The van der Waals surface area contributed by atoms with Gasteiger partial charge in [-0.2, -0.15) is 0 Å². The fraction of sp³-hybridized carbons (Fsp3) is 0.500. The molecule has 0 aliphatic carbocycles. The Labute approximate surface area is 97.9 Å². The number of Topliss-reactive ketones (excluding diaryl/α,β-unsaturated/α-hetero) is 1. The third-order valence-corrected chi connectivity index (χ3v) is 2.65. The van der Waals surface area contributed by atoms with Crippen molar-refractivity contribution in [3.63, 3.8) is 0 Å². The highest BCUT2D eigenvalue weighted by molar-refractivity contribution is 5.88. The van der Waals surface area contributed by atoms with Crippen molar-refractivity contribution in [2.75, 3.05) is 0 Å². The molecule has 0 radical (unpaired) electrons. The molecule has 2 nitrogen and oxygen atoms in total. The Kier molecular flexibility index (Phi) is 3.87. The van der Waals surface area contributed by atoms with Gasteiger partial charge in [-0.1, -0.05) is 50.6 Å². The summed E-state index contributed by atoms with van der Waals surface area (Å²) < 4.78 is 0. The number of benzene rings is 1. The number of aryl methyl sites for hydroxylation is 1. The Balaban J connectivity index is 2.68. The lowest BCUT2D eigenvalue weighted by Crippen LogP contribution is -2.40. The number of carbonyl (C=O) groups is 1. The smallest absolute Gasteiger partial charge is 0.155 e. The number of hydrogen-bond donors (Lipinski definition) is 1. The van der Waals surface area contributed by atoms with Crippen LogP contribution in [0.1, 0.15) is 31.9 Å². The molecular formula is C14H21NO. The predicted octanol–water partition coefficient (Wildman–Crippen LogP) is 2.48. The molecule has 2 heteroatoms. The van der Waals surface area contributed by atoms with E-state index in [2.05, 4.69) is 0 Å². The summed E-state index contributed by atoms with van der Waals surface area (Å²) in [6, 6.07) is 7.76. The van der Waals surface area contributed by atoms with Crippen molar-refractivity contribution >= 4 is 5.78 Å². The van der Waals surface area contributed by atoms with Crippen molar-refractivity contribution < 1.29 is 4.79 Å². The van der Waals surface area contributed by atoms with E-state index in [-0.39, 0.29) is 11.2 Å². The number of carbonyl (C=O) groups excluding carboxylic acids is 1. The average molecular weight is 219 g/mol. The second kappa shape index (κ2) is 4.79. The van der Waals surface area contributed by atoms with Gasteiger partial charge in [-0.3, -0.25) is 4.79 Å². The summed E-state index contributed by atoms with van der Waals surface area (Å²) in [5.41, 5.74) is 7.91. The maximum absolute atomic E-state index is 11.9. The zero-order valence-electron chi connectivity index (χ0n) is 10.6. The van der Waals surface area contributed by atoms with Crippen LogP contribution in [0.25, 0.3) is 0 Å². The SMILES string of the molecule is Cc1ccc(C[C@@H](N)C(=O)C(C)(C)C)cc1. The Morgan fingerprint density at radius 1 is 1.25 bits per heavy atom. The van der Waals surface area contributed by atoms with Crippen LogP contribution < -0.4 is 5.73 Å². The zero-order chi connectivity index (χ0) is 12.3. The number of hydrogen-bond acceptors (Lipinski definition) is 2. The summed E-state index contributed by atoms with van der Waals surface area (Å²) >= 11 is 0. The lowest BCUT2D eigenvalue weighted by atomic mass is 9.84. The van der Waals surface area contributed by atoms with Crippen LogP contribution in [0.15, 0.2) is 24.3 Å². The van der Waals surface area contributed by atoms with Crippen LogP contribution in [0.2, 0.25) is 0 Å². The van der Waals surface area contributed by atoms with Gasteiger partial charge >= 0.3 is 0 Å². The summed E-state index contributed by atoms with van der Waals surface area (Å²) in [6.07, 6.45) is 0.621. The van der Waals surface area contributed by atoms with Crippen molar-refractivity contribution in [1.82, 2.24) is 0 Å². The lowest BCUT2D eigenvalue weighted by Gasteiger charge is -2.21. The van der Waals surface area contributed by atoms with Gasteiger partial charge in [0.25, 0.3) is 0 Å². The topological polar surface area (TPSA) is 43.1 Å². The second-order valence-electron chi connectivity index (χ2n) is 5.41. The van der Waals surface area contributed by atoms with Gasteiger partial charge in [0.15, 0.2) is 5.78 Å². The van der Waals surface area contributed by atoms with E-state index in [9.17, 15) is 4.79 Å². The monoisotopic (exact) mass is 219 g/mol. The minimum absolute atomic E-state index is 0.119. The Hall–Kier alpha value is -1.15. The van der Waals surface area contributed by atoms with Crippen molar-refractivity contribution in [1.29, 1.82) is 0 Å². The molecule has 0 saturated heterocycles. The molecule has 0 amide bonds. The third kappa shape index (κ3) is 3.46. The highest BCUT2D eigenvalue weighted by atomic mass is 16.1. The maximum atomic E-state index is 11.9. The van der Waals surface area contributed by atoms with E-state index in [0.717, 1.165) is 5.56 Å². The molecule has 0 fully saturated rings. The molecule has 2 N–H and O–H groups in total. The molecule has 1 atom stereocenters. The van der Waals surface area contributed by atoms with Gasteiger partial charge in [0.05, 0.1) is 6.04 Å². The summed E-state index contributed by atoms with van der Waals surface area (Å²) in [7, 11) is 0. The van der Waals surface area contributed by atoms with Gasteiger partial charge in [-0.05, 0) is 18.9 Å². The van der Waals surface area contributed by atoms with Crippen LogP contribution in [0.5, 0.6) is 0 Å². The van der Waals surface area contributed by atoms with E-state index in [1.54, 1.807) is 0 Å². The number of ketones is 1. The first-order valence-electron chi connectivity index (χ1n) is 5.66. The average Bonchev–Trinajstić information content (AvgIpc) is 2.19. The summed E-state index contributed by atoms with van der Waals surface area (Å²) in [5, 5.41) is 0. The van der Waals surface area contributed by atoms with E-state index < -0.39 is 6.04 Å². The van der Waals surface area contributed by atoms with Crippen LogP contribution in [0, 0.1) is 12.3 Å². The van der Waals surface area contributed by atoms with Gasteiger partial charge in [0.1, 0.15) is 0 Å². The van der Waals surface area contributed by atoms with Gasteiger partial charge in [0.2, 0.25) is 0 Å². The minimum Gasteiger partial charge on any atom is -0.321 e. The van der Waals surface area contributed by atoms with Gasteiger partial charge in [-0.15, -0.1) is 0 Å². The molecule has 16 heavy (non-hydrogen) atoms. The van der Waals surface area contributed by atoms with Crippen LogP contribution in [0.3, 0.4) is 0 Å². The first kappa shape index (κ1) is 12.9. The molecule has 0 saturated carbocycles. The predicted molar refractivity (Wildman–Crippen MR) is 67.3 cm³/mol. The summed E-state index contributed by atoms with van der Waals surface area (Å²) in [4.78, 5) is 11.9. The molecule has 0 spiro atoms. The number of rotatable bonds is 3. The van der Waals surface area contributed by atoms with Crippen molar-refractivity contribution in [3.8, 4) is 0 Å². The molecule has 0 heterocycles.